The lowest BCUT2D eigenvalue weighted by Crippen LogP contribution is -2.26. The number of azo groups is 1. The molecule has 0 N–H and O–H groups in total. The molecule has 2 aromatic carbocycles. The number of rotatable bonds is 6. The summed E-state index contributed by atoms with van der Waals surface area (Å²) < 4.78 is 4.94. The van der Waals surface area contributed by atoms with Crippen LogP contribution in [0, 0.1) is 0 Å². The van der Waals surface area contributed by atoms with Crippen LogP contribution in [0.1, 0.15) is 6.92 Å². The molecule has 2 heterocycles. The van der Waals surface area contributed by atoms with E-state index >= 15 is 0 Å². The van der Waals surface area contributed by atoms with E-state index in [1.807, 2.05) is 24.3 Å². The molecule has 2 aliphatic rings. The molecule has 138 valence electrons. The van der Waals surface area contributed by atoms with Gasteiger partial charge in [-0.1, -0.05) is 47.8 Å². The van der Waals surface area contributed by atoms with Gasteiger partial charge in [0.05, 0.1) is 30.3 Å². The van der Waals surface area contributed by atoms with Crippen molar-refractivity contribution in [3.8, 4) is 0 Å². The Kier molecular flexibility index (Phi) is 5.45. The minimum atomic E-state index is -0.381. The van der Waals surface area contributed by atoms with Gasteiger partial charge in [-0.05, 0) is 31.2 Å². The van der Waals surface area contributed by atoms with Gasteiger partial charge >= 0.3 is 5.97 Å². The third-order valence-electron chi connectivity index (χ3n) is 4.02. The molecule has 0 aromatic heterocycles. The highest BCUT2D eigenvalue weighted by Crippen LogP contribution is 2.47. The van der Waals surface area contributed by atoms with E-state index in [1.165, 1.54) is 21.6 Å². The highest BCUT2D eigenvalue weighted by atomic mass is 32.2. The van der Waals surface area contributed by atoms with Crippen LogP contribution in [-0.2, 0) is 9.53 Å². The normalized spacial score (nSPS) is 17.3. The molecule has 6 nitrogen and oxygen atoms in total. The molecule has 0 bridgehead atoms. The first-order valence-corrected chi connectivity index (χ1v) is 10.5. The Balaban J connectivity index is 1.51. The molecule has 0 amide bonds. The zero-order valence-corrected chi connectivity index (χ0v) is 16.4. The predicted molar refractivity (Wildman–Crippen MR) is 109 cm³/mol. The summed E-state index contributed by atoms with van der Waals surface area (Å²) in [7, 11) is 0. The van der Waals surface area contributed by atoms with Crippen molar-refractivity contribution >= 4 is 46.7 Å². The molecule has 0 spiro atoms. The minimum absolute atomic E-state index is 0.223. The fourth-order valence-corrected chi connectivity index (χ4v) is 4.65. The number of thioether (sulfide) groups is 1. The first-order valence-electron chi connectivity index (χ1n) is 8.63. The summed E-state index contributed by atoms with van der Waals surface area (Å²) in [5.41, 5.74) is 1.90. The Morgan fingerprint density at radius 1 is 1.15 bits per heavy atom. The van der Waals surface area contributed by atoms with Gasteiger partial charge in [0.2, 0.25) is 5.50 Å². The van der Waals surface area contributed by atoms with Crippen molar-refractivity contribution in [2.75, 3.05) is 23.8 Å². The highest BCUT2D eigenvalue weighted by Gasteiger charge is 2.26. The SMILES string of the molecule is CCOC(=O)CSC1N=NC(CN2c3ccccc3Sc3ccccc32)=N1. The standard InChI is InChI=1S/C19H18N4O2S2/c1-2-25-18(24)12-26-19-20-17(21-22-19)11-23-13-7-3-5-9-15(13)27-16-10-6-4-8-14(16)23/h3-10,19H,2,11-12H2,1H3. The van der Waals surface area contributed by atoms with E-state index in [0.29, 0.717) is 19.0 Å². The Labute approximate surface area is 166 Å². The number of amidine groups is 1. The van der Waals surface area contributed by atoms with E-state index in [0.717, 1.165) is 11.4 Å². The van der Waals surface area contributed by atoms with Gasteiger partial charge in [-0.3, -0.25) is 4.79 Å². The molecular weight excluding hydrogens is 380 g/mol. The van der Waals surface area contributed by atoms with Crippen molar-refractivity contribution in [2.45, 2.75) is 22.2 Å². The van der Waals surface area contributed by atoms with Crippen molar-refractivity contribution < 1.29 is 9.53 Å². The lowest BCUT2D eigenvalue weighted by molar-refractivity contribution is -0.139. The molecule has 0 fully saturated rings. The Morgan fingerprint density at radius 2 is 1.81 bits per heavy atom. The molecule has 8 heteroatoms. The maximum Gasteiger partial charge on any atom is 0.316 e. The van der Waals surface area contributed by atoms with Crippen molar-refractivity contribution in [3.05, 3.63) is 48.5 Å². The molecule has 0 saturated carbocycles. The number of carbonyl (C=O) groups excluding carboxylic acids is 1. The van der Waals surface area contributed by atoms with E-state index < -0.39 is 0 Å². The smallest absolute Gasteiger partial charge is 0.316 e. The van der Waals surface area contributed by atoms with Gasteiger partial charge in [0.1, 0.15) is 0 Å². The number of anilines is 2. The number of aliphatic imine (C=N–C) groups is 1. The maximum absolute atomic E-state index is 11.5. The average Bonchev–Trinajstić information content (AvgIpc) is 3.14. The van der Waals surface area contributed by atoms with Crippen LogP contribution in [0.25, 0.3) is 0 Å². The molecule has 0 radical (unpaired) electrons. The van der Waals surface area contributed by atoms with E-state index in [4.69, 9.17) is 4.74 Å². The summed E-state index contributed by atoms with van der Waals surface area (Å²) in [6, 6.07) is 16.6. The Bertz CT molecular complexity index is 871. The second-order valence-corrected chi connectivity index (χ2v) is 7.95. The second-order valence-electron chi connectivity index (χ2n) is 5.83. The van der Waals surface area contributed by atoms with Gasteiger partial charge in [0.15, 0.2) is 5.84 Å². The molecule has 1 unspecified atom stereocenters. The average molecular weight is 399 g/mol. The van der Waals surface area contributed by atoms with Crippen LogP contribution in [0.2, 0.25) is 0 Å². The number of benzene rings is 2. The summed E-state index contributed by atoms with van der Waals surface area (Å²) in [5.74, 6) is 0.630. The van der Waals surface area contributed by atoms with Crippen LogP contribution in [0.15, 0.2) is 73.5 Å². The van der Waals surface area contributed by atoms with Gasteiger partial charge in [-0.25, -0.2) is 4.99 Å². The number of para-hydroxylation sites is 2. The van der Waals surface area contributed by atoms with Crippen LogP contribution < -0.4 is 4.90 Å². The number of hydrogen-bond donors (Lipinski definition) is 0. The maximum atomic E-state index is 11.5. The topological polar surface area (TPSA) is 66.6 Å². The van der Waals surface area contributed by atoms with Gasteiger partial charge in [0.25, 0.3) is 0 Å². The van der Waals surface area contributed by atoms with Crippen LogP contribution in [-0.4, -0.2) is 36.2 Å². The molecular formula is C19H18N4O2S2. The summed E-state index contributed by atoms with van der Waals surface area (Å²) in [4.78, 5) is 20.7. The van der Waals surface area contributed by atoms with Gasteiger partial charge in [-0.2, -0.15) is 0 Å². The van der Waals surface area contributed by atoms with E-state index in [2.05, 4.69) is 44.4 Å². The van der Waals surface area contributed by atoms with Crippen molar-refractivity contribution in [1.29, 1.82) is 0 Å². The Morgan fingerprint density at radius 3 is 2.48 bits per heavy atom. The van der Waals surface area contributed by atoms with Crippen LogP contribution in [0.4, 0.5) is 11.4 Å². The highest BCUT2D eigenvalue weighted by molar-refractivity contribution is 8.00. The number of ether oxygens (including phenoxy) is 1. The van der Waals surface area contributed by atoms with Crippen LogP contribution >= 0.6 is 23.5 Å². The zero-order valence-electron chi connectivity index (χ0n) is 14.7. The van der Waals surface area contributed by atoms with Crippen molar-refractivity contribution in [2.24, 2.45) is 15.2 Å². The summed E-state index contributed by atoms with van der Waals surface area (Å²) in [6.07, 6.45) is 0. The fraction of sp³-hybridized carbons (Fsp3) is 0.263. The lowest BCUT2D eigenvalue weighted by atomic mass is 10.2. The molecule has 4 rings (SSSR count). The summed E-state index contributed by atoms with van der Waals surface area (Å²) in [6.45, 7) is 2.71. The monoisotopic (exact) mass is 398 g/mol. The van der Waals surface area contributed by atoms with Crippen LogP contribution in [0.5, 0.6) is 0 Å². The first kappa shape index (κ1) is 18.1. The second kappa shape index (κ2) is 8.14. The number of nitrogens with zero attached hydrogens (tertiary/aromatic N) is 4. The van der Waals surface area contributed by atoms with E-state index in [-0.39, 0.29) is 17.2 Å². The number of carbonyl (C=O) groups is 1. The van der Waals surface area contributed by atoms with Crippen LogP contribution in [0.3, 0.4) is 0 Å². The van der Waals surface area contributed by atoms with Gasteiger partial charge in [-0.15, -0.1) is 10.2 Å². The van der Waals surface area contributed by atoms with E-state index in [9.17, 15) is 4.79 Å². The minimum Gasteiger partial charge on any atom is -0.465 e. The first-order chi connectivity index (χ1) is 13.2. The lowest BCUT2D eigenvalue weighted by Gasteiger charge is -2.32. The molecule has 27 heavy (non-hydrogen) atoms. The number of fused-ring (bicyclic) bond motifs is 2. The molecule has 2 aliphatic heterocycles. The summed E-state index contributed by atoms with van der Waals surface area (Å²) >= 11 is 3.09. The Hall–Kier alpha value is -2.32. The molecule has 2 aromatic rings. The van der Waals surface area contributed by atoms with Crippen molar-refractivity contribution in [3.63, 3.8) is 0 Å². The molecule has 1 atom stereocenters. The number of esters is 1. The molecule has 0 saturated heterocycles. The fourth-order valence-electron chi connectivity index (χ4n) is 2.88. The third-order valence-corrected chi connectivity index (χ3v) is 6.05. The van der Waals surface area contributed by atoms with Gasteiger partial charge < -0.3 is 9.64 Å². The molecule has 0 aliphatic carbocycles. The predicted octanol–water partition coefficient (Wildman–Crippen LogP) is 4.73. The van der Waals surface area contributed by atoms with Crippen molar-refractivity contribution in [1.82, 2.24) is 0 Å². The van der Waals surface area contributed by atoms with E-state index in [1.54, 1.807) is 18.7 Å². The third kappa shape index (κ3) is 4.01. The zero-order chi connectivity index (χ0) is 18.6. The largest absolute Gasteiger partial charge is 0.465 e. The van der Waals surface area contributed by atoms with Gasteiger partial charge in [0, 0.05) is 9.79 Å². The number of hydrogen-bond acceptors (Lipinski definition) is 8. The quantitative estimate of drug-likeness (QED) is 0.658. The summed E-state index contributed by atoms with van der Waals surface area (Å²) in [5, 5.41) is 8.41.